The molecule has 6 heteroatoms. The van der Waals surface area contributed by atoms with E-state index in [0.29, 0.717) is 16.3 Å². The van der Waals surface area contributed by atoms with Crippen LogP contribution in [0.4, 0.5) is 5.69 Å². The molecule has 0 saturated carbocycles. The number of aliphatic hydroxyl groups excluding tert-OH is 1. The fourth-order valence-corrected chi connectivity index (χ4v) is 4.42. The van der Waals surface area contributed by atoms with Gasteiger partial charge in [0.2, 0.25) is 0 Å². The highest BCUT2D eigenvalue weighted by Gasteiger charge is 2.48. The normalized spacial score (nSPS) is 17.9. The molecule has 1 amide bonds. The van der Waals surface area contributed by atoms with Gasteiger partial charge >= 0.3 is 0 Å². The molecule has 1 saturated heterocycles. The minimum absolute atomic E-state index is 0.0466. The number of aliphatic hydroxyl groups is 1. The minimum atomic E-state index is -0.789. The van der Waals surface area contributed by atoms with E-state index in [1.165, 1.54) is 4.90 Å². The molecule has 0 aliphatic carbocycles. The van der Waals surface area contributed by atoms with E-state index < -0.39 is 17.7 Å². The van der Waals surface area contributed by atoms with E-state index in [1.54, 1.807) is 30.5 Å². The molecule has 2 N–H and O–H groups in total. The molecule has 0 spiro atoms. The molecule has 5 nitrogen and oxygen atoms in total. The van der Waals surface area contributed by atoms with E-state index in [-0.39, 0.29) is 11.3 Å². The number of halogens is 1. The zero-order valence-electron chi connectivity index (χ0n) is 17.2. The molecule has 0 bridgehead atoms. The average Bonchev–Trinajstić information content (AvgIpc) is 3.33. The topological polar surface area (TPSA) is 73.4 Å². The van der Waals surface area contributed by atoms with E-state index in [0.717, 1.165) is 22.0 Å². The second kappa shape index (κ2) is 7.70. The zero-order valence-corrected chi connectivity index (χ0v) is 17.9. The van der Waals surface area contributed by atoms with Crippen molar-refractivity contribution in [2.75, 3.05) is 4.90 Å². The minimum Gasteiger partial charge on any atom is -0.507 e. The van der Waals surface area contributed by atoms with E-state index in [9.17, 15) is 14.7 Å². The number of carbonyl (C=O) groups is 2. The summed E-state index contributed by atoms with van der Waals surface area (Å²) in [5.74, 6) is -1.63. The fourth-order valence-electron chi connectivity index (χ4n) is 4.29. The number of nitrogens with one attached hydrogen (secondary N) is 1. The van der Waals surface area contributed by atoms with Crippen molar-refractivity contribution in [3.05, 3.63) is 106 Å². The summed E-state index contributed by atoms with van der Waals surface area (Å²) >= 11 is 5.99. The number of para-hydroxylation sites is 2. The number of benzene rings is 3. The van der Waals surface area contributed by atoms with Gasteiger partial charge in [0.25, 0.3) is 11.7 Å². The highest BCUT2D eigenvalue weighted by Crippen LogP contribution is 2.44. The number of rotatable bonds is 3. The van der Waals surface area contributed by atoms with Crippen LogP contribution in [-0.2, 0) is 9.59 Å². The number of anilines is 1. The Morgan fingerprint density at radius 3 is 2.41 bits per heavy atom. The van der Waals surface area contributed by atoms with Crippen LogP contribution in [0.3, 0.4) is 0 Å². The largest absolute Gasteiger partial charge is 0.507 e. The van der Waals surface area contributed by atoms with Crippen molar-refractivity contribution in [3.8, 4) is 0 Å². The van der Waals surface area contributed by atoms with Gasteiger partial charge in [0, 0.05) is 38.9 Å². The van der Waals surface area contributed by atoms with Gasteiger partial charge in [0.1, 0.15) is 5.76 Å². The van der Waals surface area contributed by atoms with Crippen LogP contribution >= 0.6 is 11.6 Å². The molecular weight excluding hydrogens is 424 g/mol. The summed E-state index contributed by atoms with van der Waals surface area (Å²) in [4.78, 5) is 31.3. The number of hydrogen-bond donors (Lipinski definition) is 2. The highest BCUT2D eigenvalue weighted by atomic mass is 35.5. The molecule has 4 aromatic rings. The maximum absolute atomic E-state index is 13.3. The lowest BCUT2D eigenvalue weighted by Crippen LogP contribution is -2.30. The summed E-state index contributed by atoms with van der Waals surface area (Å²) in [6.45, 7) is 1.89. The van der Waals surface area contributed by atoms with Gasteiger partial charge in [-0.15, -0.1) is 0 Å². The lowest BCUT2D eigenvalue weighted by atomic mass is 9.94. The maximum Gasteiger partial charge on any atom is 0.300 e. The highest BCUT2D eigenvalue weighted by molar-refractivity contribution is 6.52. The molecule has 1 atom stereocenters. The van der Waals surface area contributed by atoms with Crippen LogP contribution in [0.1, 0.15) is 22.7 Å². The molecule has 1 fully saturated rings. The third-order valence-corrected chi connectivity index (χ3v) is 6.10. The molecule has 3 aromatic carbocycles. The maximum atomic E-state index is 13.3. The first-order valence-corrected chi connectivity index (χ1v) is 10.5. The second-order valence-corrected chi connectivity index (χ2v) is 8.19. The lowest BCUT2D eigenvalue weighted by Gasteiger charge is -2.26. The number of amides is 1. The Labute approximate surface area is 189 Å². The van der Waals surface area contributed by atoms with Crippen molar-refractivity contribution in [2.24, 2.45) is 0 Å². The second-order valence-electron chi connectivity index (χ2n) is 7.75. The van der Waals surface area contributed by atoms with Crippen molar-refractivity contribution in [3.63, 3.8) is 0 Å². The van der Waals surface area contributed by atoms with E-state index >= 15 is 0 Å². The Kier molecular flexibility index (Phi) is 4.83. The number of hydrogen-bond acceptors (Lipinski definition) is 3. The number of aryl methyl sites for hydroxylation is 1. The van der Waals surface area contributed by atoms with Gasteiger partial charge in [-0.3, -0.25) is 14.5 Å². The van der Waals surface area contributed by atoms with Crippen LogP contribution in [0.25, 0.3) is 16.7 Å². The lowest BCUT2D eigenvalue weighted by molar-refractivity contribution is -0.132. The van der Waals surface area contributed by atoms with Crippen LogP contribution in [0.2, 0.25) is 5.02 Å². The van der Waals surface area contributed by atoms with Gasteiger partial charge in [-0.05, 0) is 48.9 Å². The summed E-state index contributed by atoms with van der Waals surface area (Å²) in [6, 6.07) is 20.8. The van der Waals surface area contributed by atoms with Gasteiger partial charge in [-0.2, -0.15) is 0 Å². The summed E-state index contributed by atoms with van der Waals surface area (Å²) in [7, 11) is 0. The van der Waals surface area contributed by atoms with Gasteiger partial charge < -0.3 is 10.1 Å². The third-order valence-electron chi connectivity index (χ3n) is 5.85. The number of aromatic amines is 1. The van der Waals surface area contributed by atoms with Crippen molar-refractivity contribution in [1.82, 2.24) is 4.98 Å². The van der Waals surface area contributed by atoms with Crippen molar-refractivity contribution >= 4 is 45.6 Å². The first-order valence-electron chi connectivity index (χ1n) is 10.2. The molecule has 32 heavy (non-hydrogen) atoms. The summed E-state index contributed by atoms with van der Waals surface area (Å²) < 4.78 is 0. The number of fused-ring (bicyclic) bond motifs is 1. The Hall–Kier alpha value is -3.83. The number of nitrogens with zero attached hydrogens (tertiary/aromatic N) is 1. The number of aromatic nitrogens is 1. The first-order chi connectivity index (χ1) is 15.5. The van der Waals surface area contributed by atoms with Gasteiger partial charge in [-0.1, -0.05) is 48.0 Å². The molecule has 1 aliphatic rings. The summed E-state index contributed by atoms with van der Waals surface area (Å²) in [6.07, 6.45) is 1.79. The first kappa shape index (κ1) is 20.1. The number of carbonyl (C=O) groups excluding carboxylic acids is 2. The summed E-state index contributed by atoms with van der Waals surface area (Å²) in [5, 5.41) is 12.6. The smallest absolute Gasteiger partial charge is 0.300 e. The molecule has 1 unspecified atom stereocenters. The molecule has 158 valence electrons. The molecule has 1 aromatic heterocycles. The van der Waals surface area contributed by atoms with Crippen LogP contribution in [-0.4, -0.2) is 21.8 Å². The fraction of sp³-hybridized carbons (Fsp3) is 0.0769. The number of H-pyrrole nitrogens is 1. The Balaban J connectivity index is 1.80. The van der Waals surface area contributed by atoms with Crippen LogP contribution < -0.4 is 4.90 Å². The molecule has 0 radical (unpaired) electrons. The Morgan fingerprint density at radius 2 is 1.66 bits per heavy atom. The van der Waals surface area contributed by atoms with Gasteiger partial charge in [-0.25, -0.2) is 0 Å². The Bertz CT molecular complexity index is 1400. The predicted octanol–water partition coefficient (Wildman–Crippen LogP) is 5.76. The van der Waals surface area contributed by atoms with Crippen LogP contribution in [0.15, 0.2) is 84.6 Å². The molecule has 2 heterocycles. The third kappa shape index (κ3) is 3.10. The SMILES string of the molecule is Cc1ccccc1N1C(=O)C(=O)/C(=C(/O)c2ccc(Cl)cc2)C1c1c[nH]c2ccccc12. The zero-order chi connectivity index (χ0) is 22.4. The quantitative estimate of drug-likeness (QED) is 0.241. The Morgan fingerprint density at radius 1 is 0.969 bits per heavy atom. The van der Waals surface area contributed by atoms with Gasteiger partial charge in [0.15, 0.2) is 0 Å². The standard InChI is InChI=1S/C26H19ClN2O3/c1-15-6-2-5-9-21(15)29-23(19-14-28-20-8-4-3-7-18(19)20)22(25(31)26(29)32)24(30)16-10-12-17(27)13-11-16/h2-14,23,28,30H,1H3/b24-22+. The molecule has 1 aliphatic heterocycles. The van der Waals surface area contributed by atoms with Crippen molar-refractivity contribution < 1.29 is 14.7 Å². The van der Waals surface area contributed by atoms with Crippen molar-refractivity contribution in [2.45, 2.75) is 13.0 Å². The molecular formula is C26H19ClN2O3. The number of Topliss-reactive ketones (excluding diaryl/α,β-unsaturated/α-hetero) is 1. The van der Waals surface area contributed by atoms with E-state index in [2.05, 4.69) is 4.98 Å². The van der Waals surface area contributed by atoms with Crippen LogP contribution in [0, 0.1) is 6.92 Å². The van der Waals surface area contributed by atoms with E-state index in [4.69, 9.17) is 11.6 Å². The summed E-state index contributed by atoms with van der Waals surface area (Å²) in [5.41, 5.74) is 3.56. The van der Waals surface area contributed by atoms with E-state index in [1.807, 2.05) is 55.5 Å². The monoisotopic (exact) mass is 442 g/mol. The molecule has 5 rings (SSSR count). The number of ketones is 1. The van der Waals surface area contributed by atoms with Crippen molar-refractivity contribution in [1.29, 1.82) is 0 Å². The van der Waals surface area contributed by atoms with Gasteiger partial charge in [0.05, 0.1) is 11.6 Å². The average molecular weight is 443 g/mol. The van der Waals surface area contributed by atoms with Crippen LogP contribution in [0.5, 0.6) is 0 Å². The predicted molar refractivity (Wildman–Crippen MR) is 126 cm³/mol.